The topological polar surface area (TPSA) is 119 Å². The molecular weight excluding hydrogens is 418 g/mol. The summed E-state index contributed by atoms with van der Waals surface area (Å²) >= 11 is 0. The molecule has 1 heterocycles. The van der Waals surface area contributed by atoms with Crippen molar-refractivity contribution in [1.29, 1.82) is 0 Å². The number of aromatic amines is 2. The molecule has 0 saturated heterocycles. The second kappa shape index (κ2) is 8.63. The Labute approximate surface area is 190 Å². The van der Waals surface area contributed by atoms with Gasteiger partial charge in [-0.25, -0.2) is 9.79 Å². The lowest BCUT2D eigenvalue weighted by molar-refractivity contribution is 0.0697. The van der Waals surface area contributed by atoms with Crippen LogP contribution in [0.5, 0.6) is 5.75 Å². The smallest absolute Gasteiger partial charge is 0.335 e. The Balaban J connectivity index is 1.93. The Bertz CT molecular complexity index is 1460. The van der Waals surface area contributed by atoms with Crippen molar-refractivity contribution in [2.24, 2.45) is 4.99 Å². The molecule has 0 aliphatic rings. The third kappa shape index (κ3) is 4.21. The molecular formula is C26H23N3O4. The van der Waals surface area contributed by atoms with Gasteiger partial charge in [-0.05, 0) is 61.7 Å². The van der Waals surface area contributed by atoms with E-state index in [4.69, 9.17) is 4.99 Å². The number of carboxylic acids is 1. The zero-order valence-electron chi connectivity index (χ0n) is 18.4. The minimum atomic E-state index is -1.05. The highest BCUT2D eigenvalue weighted by molar-refractivity contribution is 6.14. The maximum atomic E-state index is 12.6. The van der Waals surface area contributed by atoms with Gasteiger partial charge >= 0.3 is 5.97 Å². The summed E-state index contributed by atoms with van der Waals surface area (Å²) in [5, 5.41) is 25.8. The Morgan fingerprint density at radius 1 is 0.879 bits per heavy atom. The number of carboxylic acid groups (broad SMARTS) is 1. The number of H-pyrrole nitrogens is 2. The lowest BCUT2D eigenvalue weighted by Gasteiger charge is -2.11. The summed E-state index contributed by atoms with van der Waals surface area (Å²) in [7, 11) is 0. The van der Waals surface area contributed by atoms with Crippen LogP contribution in [0.3, 0.4) is 0 Å². The van der Waals surface area contributed by atoms with Gasteiger partial charge in [0.2, 0.25) is 0 Å². The molecule has 4 N–H and O–H groups in total. The van der Waals surface area contributed by atoms with Crippen LogP contribution >= 0.6 is 0 Å². The van der Waals surface area contributed by atoms with Crippen LogP contribution in [0, 0.1) is 20.8 Å². The van der Waals surface area contributed by atoms with E-state index in [1.54, 1.807) is 37.3 Å². The summed E-state index contributed by atoms with van der Waals surface area (Å²) in [6.45, 7) is 5.76. The average Bonchev–Trinajstić information content (AvgIpc) is 3.13. The van der Waals surface area contributed by atoms with Gasteiger partial charge in [-0.15, -0.1) is 0 Å². The van der Waals surface area contributed by atoms with Crippen molar-refractivity contribution in [3.63, 3.8) is 0 Å². The van der Waals surface area contributed by atoms with Gasteiger partial charge in [-0.1, -0.05) is 36.4 Å². The van der Waals surface area contributed by atoms with Crippen LogP contribution in [0.4, 0.5) is 5.69 Å². The maximum absolute atomic E-state index is 12.6. The zero-order chi connectivity index (χ0) is 23.7. The number of nitrogens with one attached hydrogen (secondary N) is 2. The van der Waals surface area contributed by atoms with Crippen LogP contribution in [0.25, 0.3) is 11.1 Å². The van der Waals surface area contributed by atoms with Gasteiger partial charge < -0.3 is 15.3 Å². The van der Waals surface area contributed by atoms with Gasteiger partial charge in [0.15, 0.2) is 0 Å². The number of aryl methyl sites for hydroxylation is 3. The Kier molecular flexibility index (Phi) is 5.70. The zero-order valence-corrected chi connectivity index (χ0v) is 18.4. The minimum absolute atomic E-state index is 0.106. The quantitative estimate of drug-likeness (QED) is 0.330. The number of aromatic nitrogens is 2. The number of nitrogens with zero attached hydrogens (tertiary/aromatic N) is 1. The number of rotatable bonds is 5. The van der Waals surface area contributed by atoms with E-state index in [2.05, 4.69) is 10.2 Å². The maximum Gasteiger partial charge on any atom is 0.335 e. The summed E-state index contributed by atoms with van der Waals surface area (Å²) in [6, 6.07) is 17.2. The van der Waals surface area contributed by atoms with E-state index in [-0.39, 0.29) is 22.6 Å². The van der Waals surface area contributed by atoms with Crippen molar-refractivity contribution in [1.82, 2.24) is 10.2 Å². The Hall–Kier alpha value is -4.39. The highest BCUT2D eigenvalue weighted by atomic mass is 16.4. The molecule has 0 spiro atoms. The van der Waals surface area contributed by atoms with E-state index in [0.717, 1.165) is 16.7 Å². The van der Waals surface area contributed by atoms with E-state index in [9.17, 15) is 19.8 Å². The molecule has 0 bridgehead atoms. The van der Waals surface area contributed by atoms with Gasteiger partial charge in [-0.3, -0.25) is 9.89 Å². The van der Waals surface area contributed by atoms with E-state index in [0.29, 0.717) is 28.1 Å². The molecule has 3 aromatic carbocycles. The van der Waals surface area contributed by atoms with Crippen LogP contribution in [0.2, 0.25) is 0 Å². The number of phenolic OH excluding ortho intramolecular Hbond substituents is 1. The number of phenols is 1. The number of aliphatic imine (C=N–C) groups is 1. The van der Waals surface area contributed by atoms with E-state index < -0.39 is 5.97 Å². The molecule has 7 heteroatoms. The summed E-state index contributed by atoms with van der Waals surface area (Å²) in [4.78, 5) is 28.7. The van der Waals surface area contributed by atoms with Crippen molar-refractivity contribution < 1.29 is 15.0 Å². The first-order valence-corrected chi connectivity index (χ1v) is 10.4. The number of hydrogen-bond donors (Lipinski definition) is 4. The van der Waals surface area contributed by atoms with Crippen LogP contribution in [-0.4, -0.2) is 32.1 Å². The molecule has 0 fully saturated rings. The predicted molar refractivity (Wildman–Crippen MR) is 128 cm³/mol. The Morgan fingerprint density at radius 3 is 2.30 bits per heavy atom. The normalized spacial score (nSPS) is 11.5. The van der Waals surface area contributed by atoms with Crippen LogP contribution in [-0.2, 0) is 0 Å². The average molecular weight is 441 g/mol. The fraction of sp³-hybridized carbons (Fsp3) is 0.115. The highest BCUT2D eigenvalue weighted by Crippen LogP contribution is 2.38. The van der Waals surface area contributed by atoms with Crippen LogP contribution in [0.15, 0.2) is 70.5 Å². The molecule has 166 valence electrons. The molecule has 0 aliphatic heterocycles. The lowest BCUT2D eigenvalue weighted by Crippen LogP contribution is -2.15. The number of aromatic carboxylic acids is 1. The van der Waals surface area contributed by atoms with Crippen molar-refractivity contribution >= 4 is 17.4 Å². The molecule has 0 saturated carbocycles. The fourth-order valence-corrected chi connectivity index (χ4v) is 3.68. The summed E-state index contributed by atoms with van der Waals surface area (Å²) in [6.07, 6.45) is 0. The highest BCUT2D eigenvalue weighted by Gasteiger charge is 2.18. The standard InChI is InChI=1S/C26H23N3O4/c1-14-10-11-18(12-15(14)2)23(22-16(3)28-29-25(22)31)27-21-9-5-8-20(24(21)30)17-6-4-7-19(13-17)26(32)33/h4-13,30H,1-3H3,(H,32,33)(H2,28,29,31). The number of benzene rings is 3. The number of hydrogen-bond acceptors (Lipinski definition) is 4. The van der Waals surface area contributed by atoms with Gasteiger partial charge in [0, 0.05) is 16.8 Å². The number of aromatic hydroxyl groups is 1. The van der Waals surface area contributed by atoms with E-state index >= 15 is 0 Å². The van der Waals surface area contributed by atoms with Crippen molar-refractivity contribution in [2.45, 2.75) is 20.8 Å². The van der Waals surface area contributed by atoms with Gasteiger partial charge in [0.1, 0.15) is 11.4 Å². The second-order valence-corrected chi connectivity index (χ2v) is 7.90. The first kappa shape index (κ1) is 21.8. The largest absolute Gasteiger partial charge is 0.505 e. The third-order valence-electron chi connectivity index (χ3n) is 5.65. The molecule has 0 radical (unpaired) electrons. The molecule has 1 aromatic heterocycles. The van der Waals surface area contributed by atoms with E-state index in [1.165, 1.54) is 12.1 Å². The van der Waals surface area contributed by atoms with Gasteiger partial charge in [-0.2, -0.15) is 0 Å². The van der Waals surface area contributed by atoms with Crippen LogP contribution < -0.4 is 5.56 Å². The molecule has 0 atom stereocenters. The molecule has 4 rings (SSSR count). The molecule has 0 amide bonds. The molecule has 0 unspecified atom stereocenters. The second-order valence-electron chi connectivity index (χ2n) is 7.90. The lowest BCUT2D eigenvalue weighted by atomic mass is 9.98. The minimum Gasteiger partial charge on any atom is -0.505 e. The first-order valence-electron chi connectivity index (χ1n) is 10.4. The van der Waals surface area contributed by atoms with Crippen molar-refractivity contribution in [3.8, 4) is 16.9 Å². The summed E-state index contributed by atoms with van der Waals surface area (Å²) in [5.74, 6) is -1.16. The van der Waals surface area contributed by atoms with Crippen LogP contribution in [0.1, 0.15) is 38.3 Å². The summed E-state index contributed by atoms with van der Waals surface area (Å²) in [5.41, 5.74) is 5.40. The molecule has 0 aliphatic carbocycles. The van der Waals surface area contributed by atoms with Crippen molar-refractivity contribution in [2.75, 3.05) is 0 Å². The molecule has 7 nitrogen and oxygen atoms in total. The predicted octanol–water partition coefficient (Wildman–Crippen LogP) is 4.87. The summed E-state index contributed by atoms with van der Waals surface area (Å²) < 4.78 is 0. The first-order chi connectivity index (χ1) is 15.8. The van der Waals surface area contributed by atoms with Gasteiger partial charge in [0.25, 0.3) is 5.56 Å². The van der Waals surface area contributed by atoms with Gasteiger partial charge in [0.05, 0.1) is 16.8 Å². The molecule has 33 heavy (non-hydrogen) atoms. The number of para-hydroxylation sites is 1. The SMILES string of the molecule is Cc1ccc(C(=Nc2cccc(-c3cccc(C(=O)O)c3)c2O)c2c(C)[nH][nH]c2=O)cc1C. The van der Waals surface area contributed by atoms with E-state index in [1.807, 2.05) is 32.0 Å². The van der Waals surface area contributed by atoms with Crippen molar-refractivity contribution in [3.05, 3.63) is 105 Å². The fourth-order valence-electron chi connectivity index (χ4n) is 3.68. The third-order valence-corrected chi connectivity index (χ3v) is 5.65. The number of carbonyl (C=O) groups is 1. The monoisotopic (exact) mass is 441 g/mol. The molecule has 4 aromatic rings. The Morgan fingerprint density at radius 2 is 1.64 bits per heavy atom.